The molecule has 0 aliphatic carbocycles. The first-order chi connectivity index (χ1) is 6.85. The van der Waals surface area contributed by atoms with E-state index in [1.165, 1.54) is 0 Å². The Morgan fingerprint density at radius 2 is 2.14 bits per heavy atom. The standard InChI is InChI=1S/C9H19NO4/c1-12-7-9(8-14-10)13-6-4-2-3-5-11/h5,9H,2-4,6-8,10H2,1H3. The van der Waals surface area contributed by atoms with E-state index in [1.807, 2.05) is 0 Å². The van der Waals surface area contributed by atoms with Crippen molar-refractivity contribution in [2.45, 2.75) is 25.4 Å². The smallest absolute Gasteiger partial charge is 0.119 e. The van der Waals surface area contributed by atoms with E-state index in [0.29, 0.717) is 26.2 Å². The molecule has 0 aromatic rings. The van der Waals surface area contributed by atoms with Gasteiger partial charge in [-0.25, -0.2) is 5.90 Å². The second-order valence-electron chi connectivity index (χ2n) is 2.94. The van der Waals surface area contributed by atoms with E-state index in [9.17, 15) is 4.79 Å². The van der Waals surface area contributed by atoms with Crippen molar-refractivity contribution < 1.29 is 19.1 Å². The van der Waals surface area contributed by atoms with Crippen LogP contribution in [0.1, 0.15) is 19.3 Å². The first-order valence-corrected chi connectivity index (χ1v) is 4.71. The molecule has 0 saturated heterocycles. The van der Waals surface area contributed by atoms with E-state index in [1.54, 1.807) is 7.11 Å². The van der Waals surface area contributed by atoms with E-state index in [2.05, 4.69) is 4.84 Å². The van der Waals surface area contributed by atoms with Gasteiger partial charge in [-0.2, -0.15) is 0 Å². The van der Waals surface area contributed by atoms with Crippen LogP contribution in [-0.2, 0) is 19.1 Å². The van der Waals surface area contributed by atoms with Gasteiger partial charge in [-0.15, -0.1) is 0 Å². The molecule has 0 aromatic heterocycles. The highest BCUT2D eigenvalue weighted by molar-refractivity contribution is 5.48. The van der Waals surface area contributed by atoms with Crippen LogP contribution in [0, 0.1) is 0 Å². The van der Waals surface area contributed by atoms with Gasteiger partial charge in [0.1, 0.15) is 12.4 Å². The maximum absolute atomic E-state index is 10.0. The maximum Gasteiger partial charge on any atom is 0.119 e. The van der Waals surface area contributed by atoms with Gasteiger partial charge < -0.3 is 19.1 Å². The number of methoxy groups -OCH3 is 1. The van der Waals surface area contributed by atoms with Crippen LogP contribution in [0.15, 0.2) is 0 Å². The van der Waals surface area contributed by atoms with Crippen LogP contribution in [0.2, 0.25) is 0 Å². The summed E-state index contributed by atoms with van der Waals surface area (Å²) >= 11 is 0. The monoisotopic (exact) mass is 205 g/mol. The van der Waals surface area contributed by atoms with Gasteiger partial charge >= 0.3 is 0 Å². The highest BCUT2D eigenvalue weighted by atomic mass is 16.6. The molecule has 0 aromatic carbocycles. The number of aldehydes is 1. The zero-order valence-corrected chi connectivity index (χ0v) is 8.61. The van der Waals surface area contributed by atoms with Crippen LogP contribution < -0.4 is 5.90 Å². The van der Waals surface area contributed by atoms with E-state index in [-0.39, 0.29) is 6.10 Å². The number of ether oxygens (including phenoxy) is 2. The largest absolute Gasteiger partial charge is 0.382 e. The summed E-state index contributed by atoms with van der Waals surface area (Å²) < 4.78 is 10.3. The number of nitrogens with two attached hydrogens (primary N) is 1. The molecule has 0 heterocycles. The fourth-order valence-corrected chi connectivity index (χ4v) is 1.02. The summed E-state index contributed by atoms with van der Waals surface area (Å²) in [5, 5.41) is 0. The van der Waals surface area contributed by atoms with Gasteiger partial charge in [-0.05, 0) is 12.8 Å². The predicted octanol–water partition coefficient (Wildman–Crippen LogP) is 0.277. The average Bonchev–Trinajstić information content (AvgIpc) is 2.18. The Kier molecular flexibility index (Phi) is 10.2. The lowest BCUT2D eigenvalue weighted by Gasteiger charge is -2.15. The van der Waals surface area contributed by atoms with Gasteiger partial charge in [0.2, 0.25) is 0 Å². The summed E-state index contributed by atoms with van der Waals surface area (Å²) in [5.74, 6) is 4.93. The molecule has 5 nitrogen and oxygen atoms in total. The fraction of sp³-hybridized carbons (Fsp3) is 0.889. The third-order valence-electron chi connectivity index (χ3n) is 1.70. The summed E-state index contributed by atoms with van der Waals surface area (Å²) in [4.78, 5) is 14.5. The summed E-state index contributed by atoms with van der Waals surface area (Å²) in [6.45, 7) is 1.39. The lowest BCUT2D eigenvalue weighted by molar-refractivity contribution is -0.108. The lowest BCUT2D eigenvalue weighted by atomic mass is 10.2. The van der Waals surface area contributed by atoms with Crippen molar-refractivity contribution in [2.24, 2.45) is 5.90 Å². The summed E-state index contributed by atoms with van der Waals surface area (Å²) in [5.41, 5.74) is 0. The zero-order valence-electron chi connectivity index (χ0n) is 8.61. The molecule has 5 heteroatoms. The minimum absolute atomic E-state index is 0.124. The van der Waals surface area contributed by atoms with Gasteiger partial charge in [-0.1, -0.05) is 0 Å². The van der Waals surface area contributed by atoms with Crippen LogP contribution in [0.5, 0.6) is 0 Å². The maximum atomic E-state index is 10.0. The molecule has 0 aliphatic heterocycles. The molecule has 0 amide bonds. The molecule has 0 fully saturated rings. The Labute approximate surface area is 84.5 Å². The number of hydrogen-bond donors (Lipinski definition) is 1. The molecular weight excluding hydrogens is 186 g/mol. The van der Waals surface area contributed by atoms with E-state index >= 15 is 0 Å². The van der Waals surface area contributed by atoms with Crippen LogP contribution in [0.4, 0.5) is 0 Å². The minimum Gasteiger partial charge on any atom is -0.382 e. The second kappa shape index (κ2) is 10.6. The van der Waals surface area contributed by atoms with Gasteiger partial charge in [0.05, 0.1) is 13.2 Å². The third kappa shape index (κ3) is 8.12. The van der Waals surface area contributed by atoms with Crippen molar-refractivity contribution in [3.05, 3.63) is 0 Å². The third-order valence-corrected chi connectivity index (χ3v) is 1.70. The molecule has 2 N–H and O–H groups in total. The Morgan fingerprint density at radius 1 is 1.36 bits per heavy atom. The van der Waals surface area contributed by atoms with E-state index < -0.39 is 0 Å². The van der Waals surface area contributed by atoms with Crippen molar-refractivity contribution in [2.75, 3.05) is 26.9 Å². The van der Waals surface area contributed by atoms with Gasteiger partial charge in [0.15, 0.2) is 0 Å². The molecule has 0 bridgehead atoms. The Bertz CT molecular complexity index is 126. The average molecular weight is 205 g/mol. The van der Waals surface area contributed by atoms with Gasteiger partial charge in [0, 0.05) is 20.1 Å². The molecule has 0 radical (unpaired) electrons. The van der Waals surface area contributed by atoms with Gasteiger partial charge in [-0.3, -0.25) is 0 Å². The molecule has 0 rings (SSSR count). The Hall–Kier alpha value is -0.490. The Balaban J connectivity index is 3.34. The van der Waals surface area contributed by atoms with Crippen molar-refractivity contribution in [3.63, 3.8) is 0 Å². The van der Waals surface area contributed by atoms with Gasteiger partial charge in [0.25, 0.3) is 0 Å². The van der Waals surface area contributed by atoms with Crippen LogP contribution in [0.25, 0.3) is 0 Å². The highest BCUT2D eigenvalue weighted by Crippen LogP contribution is 1.98. The topological polar surface area (TPSA) is 70.8 Å². The molecule has 0 saturated carbocycles. The number of rotatable bonds is 10. The van der Waals surface area contributed by atoms with Crippen molar-refractivity contribution in [1.82, 2.24) is 0 Å². The van der Waals surface area contributed by atoms with Crippen molar-refractivity contribution in [3.8, 4) is 0 Å². The summed E-state index contributed by atoms with van der Waals surface area (Å²) in [6, 6.07) is 0. The number of carbonyl (C=O) groups is 1. The lowest BCUT2D eigenvalue weighted by Crippen LogP contribution is -2.27. The summed E-state index contributed by atoms with van der Waals surface area (Å²) in [6.07, 6.45) is 3.10. The number of carbonyl (C=O) groups excluding carboxylic acids is 1. The normalized spacial score (nSPS) is 12.7. The minimum atomic E-state index is -0.124. The molecule has 0 spiro atoms. The molecule has 14 heavy (non-hydrogen) atoms. The van der Waals surface area contributed by atoms with Crippen LogP contribution in [-0.4, -0.2) is 39.3 Å². The summed E-state index contributed by atoms with van der Waals surface area (Å²) in [7, 11) is 1.60. The van der Waals surface area contributed by atoms with E-state index in [0.717, 1.165) is 19.1 Å². The highest BCUT2D eigenvalue weighted by Gasteiger charge is 2.07. The molecule has 0 aliphatic rings. The SMILES string of the molecule is COCC(CON)OCCCCC=O. The van der Waals surface area contributed by atoms with E-state index in [4.69, 9.17) is 15.4 Å². The fourth-order valence-electron chi connectivity index (χ4n) is 1.02. The number of hydrogen-bond acceptors (Lipinski definition) is 5. The molecular formula is C9H19NO4. The van der Waals surface area contributed by atoms with Crippen LogP contribution >= 0.6 is 0 Å². The Morgan fingerprint density at radius 3 is 2.71 bits per heavy atom. The van der Waals surface area contributed by atoms with Crippen LogP contribution in [0.3, 0.4) is 0 Å². The molecule has 1 atom stereocenters. The second-order valence-corrected chi connectivity index (χ2v) is 2.94. The quantitative estimate of drug-likeness (QED) is 0.315. The molecule has 1 unspecified atom stereocenters. The first-order valence-electron chi connectivity index (χ1n) is 4.71. The van der Waals surface area contributed by atoms with Crippen molar-refractivity contribution >= 4 is 6.29 Å². The number of unbranched alkanes of at least 4 members (excludes halogenated alkanes) is 2. The predicted molar refractivity (Wildman–Crippen MR) is 51.7 cm³/mol. The first kappa shape index (κ1) is 13.5. The zero-order chi connectivity index (χ0) is 10.6. The molecule has 84 valence electrons. The van der Waals surface area contributed by atoms with Crippen molar-refractivity contribution in [1.29, 1.82) is 0 Å².